The molecule has 1 unspecified atom stereocenters. The molecule has 0 radical (unpaired) electrons. The molecule has 1 atom stereocenters. The van der Waals surface area contributed by atoms with Gasteiger partial charge in [0.25, 0.3) is 0 Å². The number of aromatic nitrogens is 3. The standard InChI is InChI=1S/C24H40N8.HI/c1-5-31(21-12-8-7-9-13-21)17-11-15-25-24(26-18-22-14-10-16-32(22)6-2)27-19-23-29-28-20(3)30(23)4;/h7-9,12-13,22H,5-6,10-11,14-19H2,1-4H3,(H2,25,26,27);1H. The molecule has 1 fully saturated rings. The minimum absolute atomic E-state index is 0. The predicted molar refractivity (Wildman–Crippen MR) is 148 cm³/mol. The van der Waals surface area contributed by atoms with Crippen LogP contribution in [0.4, 0.5) is 5.69 Å². The molecule has 1 aromatic heterocycles. The molecule has 0 bridgehead atoms. The Hall–Kier alpha value is -1.88. The smallest absolute Gasteiger partial charge is 0.191 e. The van der Waals surface area contributed by atoms with Crippen molar-refractivity contribution >= 4 is 35.6 Å². The minimum Gasteiger partial charge on any atom is -0.372 e. The van der Waals surface area contributed by atoms with Crippen molar-refractivity contribution in [3.8, 4) is 0 Å². The number of halogens is 1. The average Bonchev–Trinajstić information content (AvgIpc) is 3.41. The van der Waals surface area contributed by atoms with Crippen molar-refractivity contribution < 1.29 is 0 Å². The number of hydrogen-bond acceptors (Lipinski definition) is 5. The third kappa shape index (κ3) is 8.13. The highest BCUT2D eigenvalue weighted by Gasteiger charge is 2.22. The molecule has 1 aromatic carbocycles. The van der Waals surface area contributed by atoms with Crippen LogP contribution < -0.4 is 15.5 Å². The summed E-state index contributed by atoms with van der Waals surface area (Å²) < 4.78 is 2.00. The molecule has 184 valence electrons. The van der Waals surface area contributed by atoms with Crippen molar-refractivity contribution in [1.29, 1.82) is 0 Å². The molecule has 1 aliphatic rings. The van der Waals surface area contributed by atoms with Gasteiger partial charge in [0, 0.05) is 45.0 Å². The van der Waals surface area contributed by atoms with E-state index in [1.165, 1.54) is 25.1 Å². The topological polar surface area (TPSA) is 73.6 Å². The fourth-order valence-electron chi connectivity index (χ4n) is 4.26. The van der Waals surface area contributed by atoms with Crippen LogP contribution in [0.3, 0.4) is 0 Å². The molecule has 2 aromatic rings. The van der Waals surface area contributed by atoms with Crippen molar-refractivity contribution in [2.75, 3.05) is 44.2 Å². The number of likely N-dealkylation sites (tertiary alicyclic amines) is 1. The van der Waals surface area contributed by atoms with E-state index in [4.69, 9.17) is 4.99 Å². The van der Waals surface area contributed by atoms with Gasteiger partial charge in [-0.15, -0.1) is 34.2 Å². The summed E-state index contributed by atoms with van der Waals surface area (Å²) in [5.41, 5.74) is 1.28. The first-order valence-electron chi connectivity index (χ1n) is 12.0. The summed E-state index contributed by atoms with van der Waals surface area (Å²) in [4.78, 5) is 9.77. The number of aliphatic imine (C=N–C) groups is 1. The second kappa shape index (κ2) is 14.4. The molecule has 33 heavy (non-hydrogen) atoms. The Balaban J connectivity index is 0.00000385. The van der Waals surface area contributed by atoms with Gasteiger partial charge in [0.2, 0.25) is 0 Å². The molecule has 0 spiro atoms. The zero-order chi connectivity index (χ0) is 22.8. The second-order valence-corrected chi connectivity index (χ2v) is 8.39. The quantitative estimate of drug-likeness (QED) is 0.188. The Morgan fingerprint density at radius 2 is 1.97 bits per heavy atom. The Morgan fingerprint density at radius 1 is 1.18 bits per heavy atom. The molecular weight excluding hydrogens is 527 g/mol. The number of benzene rings is 1. The van der Waals surface area contributed by atoms with Crippen LogP contribution in [0.25, 0.3) is 0 Å². The monoisotopic (exact) mass is 568 g/mol. The second-order valence-electron chi connectivity index (χ2n) is 8.39. The van der Waals surface area contributed by atoms with Gasteiger partial charge in [0.1, 0.15) is 12.4 Å². The number of anilines is 1. The van der Waals surface area contributed by atoms with Crippen LogP contribution in [0.5, 0.6) is 0 Å². The van der Waals surface area contributed by atoms with E-state index < -0.39 is 0 Å². The Bertz CT molecular complexity index is 838. The molecule has 0 saturated carbocycles. The van der Waals surface area contributed by atoms with Crippen LogP contribution in [-0.4, -0.2) is 70.9 Å². The highest BCUT2D eigenvalue weighted by atomic mass is 127. The largest absolute Gasteiger partial charge is 0.372 e. The van der Waals surface area contributed by atoms with Crippen molar-refractivity contribution in [2.45, 2.75) is 52.6 Å². The molecule has 1 saturated heterocycles. The van der Waals surface area contributed by atoms with Gasteiger partial charge >= 0.3 is 0 Å². The molecular formula is C24H41IN8. The third-order valence-electron chi connectivity index (χ3n) is 6.37. The van der Waals surface area contributed by atoms with Crippen LogP contribution in [0.15, 0.2) is 35.3 Å². The van der Waals surface area contributed by atoms with Crippen molar-refractivity contribution in [3.63, 3.8) is 0 Å². The van der Waals surface area contributed by atoms with Crippen LogP contribution >= 0.6 is 24.0 Å². The van der Waals surface area contributed by atoms with E-state index >= 15 is 0 Å². The summed E-state index contributed by atoms with van der Waals surface area (Å²) in [6.45, 7) is 13.0. The Labute approximate surface area is 216 Å². The molecule has 9 heteroatoms. The van der Waals surface area contributed by atoms with E-state index in [1.54, 1.807) is 0 Å². The summed E-state index contributed by atoms with van der Waals surface area (Å²) in [5.74, 6) is 2.64. The lowest BCUT2D eigenvalue weighted by Crippen LogP contribution is -2.45. The zero-order valence-electron chi connectivity index (χ0n) is 20.6. The lowest BCUT2D eigenvalue weighted by molar-refractivity contribution is 0.267. The van der Waals surface area contributed by atoms with Crippen LogP contribution in [-0.2, 0) is 13.6 Å². The lowest BCUT2D eigenvalue weighted by atomic mass is 10.2. The van der Waals surface area contributed by atoms with Gasteiger partial charge in [-0.05, 0) is 58.3 Å². The van der Waals surface area contributed by atoms with Crippen molar-refractivity contribution in [2.24, 2.45) is 12.0 Å². The van der Waals surface area contributed by atoms with Crippen molar-refractivity contribution in [3.05, 3.63) is 42.0 Å². The number of nitrogens with one attached hydrogen (secondary N) is 2. The average molecular weight is 569 g/mol. The number of guanidine groups is 1. The maximum absolute atomic E-state index is 4.81. The summed E-state index contributed by atoms with van der Waals surface area (Å²) in [7, 11) is 1.99. The maximum Gasteiger partial charge on any atom is 0.191 e. The van der Waals surface area contributed by atoms with Crippen LogP contribution in [0, 0.1) is 6.92 Å². The Kier molecular flexibility index (Phi) is 11.9. The number of aryl methyl sites for hydroxylation is 1. The fourth-order valence-corrected chi connectivity index (χ4v) is 4.26. The van der Waals surface area contributed by atoms with Gasteiger partial charge in [-0.3, -0.25) is 4.90 Å². The highest BCUT2D eigenvalue weighted by molar-refractivity contribution is 14.0. The molecule has 1 aliphatic heterocycles. The normalized spacial score (nSPS) is 16.5. The SMILES string of the molecule is CCN(CCCNC(=NCc1nnc(C)n1C)NCC1CCCN1CC)c1ccccc1.I. The van der Waals surface area contributed by atoms with Gasteiger partial charge in [0.15, 0.2) is 11.8 Å². The van der Waals surface area contributed by atoms with E-state index in [-0.39, 0.29) is 24.0 Å². The first-order chi connectivity index (χ1) is 15.6. The fraction of sp³-hybridized carbons (Fsp3) is 0.625. The highest BCUT2D eigenvalue weighted by Crippen LogP contribution is 2.15. The summed E-state index contributed by atoms with van der Waals surface area (Å²) >= 11 is 0. The summed E-state index contributed by atoms with van der Waals surface area (Å²) in [6, 6.07) is 11.2. The number of likely N-dealkylation sites (N-methyl/N-ethyl adjacent to an activating group) is 1. The minimum atomic E-state index is 0. The number of nitrogens with zero attached hydrogens (tertiary/aromatic N) is 6. The van der Waals surface area contributed by atoms with E-state index in [0.717, 1.165) is 56.8 Å². The molecule has 0 aliphatic carbocycles. The van der Waals surface area contributed by atoms with Gasteiger partial charge < -0.3 is 20.1 Å². The van der Waals surface area contributed by atoms with Gasteiger partial charge in [-0.2, -0.15) is 0 Å². The van der Waals surface area contributed by atoms with E-state index in [0.29, 0.717) is 12.6 Å². The molecule has 0 amide bonds. The Morgan fingerprint density at radius 3 is 2.64 bits per heavy atom. The van der Waals surface area contributed by atoms with Crippen LogP contribution in [0.2, 0.25) is 0 Å². The van der Waals surface area contributed by atoms with Gasteiger partial charge in [-0.25, -0.2) is 4.99 Å². The lowest BCUT2D eigenvalue weighted by Gasteiger charge is -2.25. The molecule has 2 heterocycles. The summed E-state index contributed by atoms with van der Waals surface area (Å²) in [6.07, 6.45) is 3.57. The van der Waals surface area contributed by atoms with E-state index in [2.05, 4.69) is 74.8 Å². The van der Waals surface area contributed by atoms with Gasteiger partial charge in [-0.1, -0.05) is 25.1 Å². The predicted octanol–water partition coefficient (Wildman–Crippen LogP) is 3.18. The molecule has 2 N–H and O–H groups in total. The first-order valence-corrected chi connectivity index (χ1v) is 12.0. The van der Waals surface area contributed by atoms with E-state index in [9.17, 15) is 0 Å². The molecule has 8 nitrogen and oxygen atoms in total. The third-order valence-corrected chi connectivity index (χ3v) is 6.37. The van der Waals surface area contributed by atoms with E-state index in [1.807, 2.05) is 18.5 Å². The zero-order valence-corrected chi connectivity index (χ0v) is 23.0. The number of para-hydroxylation sites is 1. The number of rotatable bonds is 11. The van der Waals surface area contributed by atoms with Crippen LogP contribution in [0.1, 0.15) is 44.8 Å². The maximum atomic E-state index is 4.81. The summed E-state index contributed by atoms with van der Waals surface area (Å²) in [5, 5.41) is 15.5. The number of hydrogen-bond donors (Lipinski definition) is 2. The van der Waals surface area contributed by atoms with Crippen molar-refractivity contribution in [1.82, 2.24) is 30.3 Å². The first kappa shape index (κ1) is 27.4. The van der Waals surface area contributed by atoms with Gasteiger partial charge in [0.05, 0.1) is 0 Å². The molecule has 3 rings (SSSR count).